The number of ether oxygens (including phenoxy) is 1. The number of likely N-dealkylation sites (N-methyl/N-ethyl adjacent to an activating group) is 1. The van der Waals surface area contributed by atoms with Gasteiger partial charge in [0.2, 0.25) is 5.91 Å². The third-order valence-corrected chi connectivity index (χ3v) is 3.77. The molecular formula is C20H19F3N2O3. The molecule has 0 radical (unpaired) electrons. The minimum Gasteiger partial charge on any atom is -0.406 e. The van der Waals surface area contributed by atoms with Crippen molar-refractivity contribution in [2.45, 2.75) is 12.9 Å². The maximum atomic E-state index is 12.2. The van der Waals surface area contributed by atoms with Crippen LogP contribution in [0.4, 0.5) is 13.2 Å². The summed E-state index contributed by atoms with van der Waals surface area (Å²) in [5.74, 6) is -0.783. The van der Waals surface area contributed by atoms with Crippen LogP contribution in [0, 0.1) is 0 Å². The molecule has 2 aromatic rings. The first kappa shape index (κ1) is 21.0. The normalized spacial score (nSPS) is 11.3. The Balaban J connectivity index is 1.93. The minimum atomic E-state index is -4.74. The molecule has 0 spiro atoms. The summed E-state index contributed by atoms with van der Waals surface area (Å²) in [4.78, 5) is 25.1. The number of amides is 2. The van der Waals surface area contributed by atoms with E-state index in [1.807, 2.05) is 0 Å². The molecule has 0 saturated heterocycles. The molecule has 0 unspecified atom stereocenters. The van der Waals surface area contributed by atoms with Gasteiger partial charge in [0.15, 0.2) is 0 Å². The summed E-state index contributed by atoms with van der Waals surface area (Å²) in [7, 11) is 3.13. The fourth-order valence-electron chi connectivity index (χ4n) is 2.33. The maximum Gasteiger partial charge on any atom is 0.573 e. The highest BCUT2D eigenvalue weighted by atomic mass is 19.4. The van der Waals surface area contributed by atoms with Gasteiger partial charge in [0, 0.05) is 32.3 Å². The number of halogens is 3. The Kier molecular flexibility index (Phi) is 6.81. The van der Waals surface area contributed by atoms with Gasteiger partial charge in [-0.25, -0.2) is 0 Å². The summed E-state index contributed by atoms with van der Waals surface area (Å²) in [6, 6.07) is 12.1. The zero-order valence-electron chi connectivity index (χ0n) is 15.3. The van der Waals surface area contributed by atoms with Crippen molar-refractivity contribution >= 4 is 17.9 Å². The first-order chi connectivity index (χ1) is 13.2. The van der Waals surface area contributed by atoms with Crippen molar-refractivity contribution in [1.29, 1.82) is 0 Å². The molecule has 0 saturated carbocycles. The number of nitrogens with zero attached hydrogens (tertiary/aromatic N) is 1. The monoisotopic (exact) mass is 392 g/mol. The van der Waals surface area contributed by atoms with Crippen LogP contribution in [0.5, 0.6) is 5.75 Å². The fourth-order valence-corrected chi connectivity index (χ4v) is 2.33. The fraction of sp³-hybridized carbons (Fsp3) is 0.200. The largest absolute Gasteiger partial charge is 0.573 e. The molecule has 1 N–H and O–H groups in total. The van der Waals surface area contributed by atoms with Gasteiger partial charge in [-0.3, -0.25) is 9.59 Å². The second kappa shape index (κ2) is 9.07. The summed E-state index contributed by atoms with van der Waals surface area (Å²) >= 11 is 0. The predicted molar refractivity (Wildman–Crippen MR) is 98.5 cm³/mol. The van der Waals surface area contributed by atoms with E-state index in [1.54, 1.807) is 44.4 Å². The molecule has 8 heteroatoms. The van der Waals surface area contributed by atoms with Gasteiger partial charge in [-0.2, -0.15) is 0 Å². The molecule has 0 aliphatic rings. The molecule has 0 atom stereocenters. The van der Waals surface area contributed by atoms with Crippen LogP contribution in [-0.4, -0.2) is 37.2 Å². The molecule has 5 nitrogen and oxygen atoms in total. The Morgan fingerprint density at radius 2 is 1.68 bits per heavy atom. The van der Waals surface area contributed by atoms with E-state index in [0.717, 1.165) is 5.56 Å². The Bertz CT molecular complexity index is 844. The van der Waals surface area contributed by atoms with Crippen LogP contribution in [0.15, 0.2) is 54.6 Å². The lowest BCUT2D eigenvalue weighted by Crippen LogP contribution is -2.24. The summed E-state index contributed by atoms with van der Waals surface area (Å²) in [6.07, 6.45) is -1.74. The van der Waals surface area contributed by atoms with E-state index < -0.39 is 6.36 Å². The quantitative estimate of drug-likeness (QED) is 0.764. The lowest BCUT2D eigenvalue weighted by atomic mass is 10.1. The van der Waals surface area contributed by atoms with E-state index in [4.69, 9.17) is 0 Å². The van der Waals surface area contributed by atoms with E-state index in [-0.39, 0.29) is 24.1 Å². The topological polar surface area (TPSA) is 58.6 Å². The lowest BCUT2D eigenvalue weighted by molar-refractivity contribution is -0.274. The summed E-state index contributed by atoms with van der Waals surface area (Å²) in [5.41, 5.74) is 1.93. The number of carbonyl (C=O) groups excluding carboxylic acids is 2. The summed E-state index contributed by atoms with van der Waals surface area (Å²) in [5, 5.41) is 2.52. The van der Waals surface area contributed by atoms with Gasteiger partial charge >= 0.3 is 6.36 Å². The van der Waals surface area contributed by atoms with Crippen LogP contribution < -0.4 is 10.1 Å². The molecule has 2 amide bonds. The smallest absolute Gasteiger partial charge is 0.406 e. The highest BCUT2D eigenvalue weighted by molar-refractivity contribution is 5.94. The number of alkyl halides is 3. The lowest BCUT2D eigenvalue weighted by Gasteiger charge is -2.16. The molecule has 2 aromatic carbocycles. The maximum absolute atomic E-state index is 12.2. The molecule has 148 valence electrons. The van der Waals surface area contributed by atoms with Gasteiger partial charge in [-0.1, -0.05) is 24.3 Å². The van der Waals surface area contributed by atoms with Crippen molar-refractivity contribution in [3.63, 3.8) is 0 Å². The van der Waals surface area contributed by atoms with Gasteiger partial charge in [-0.15, -0.1) is 13.2 Å². The van der Waals surface area contributed by atoms with Crippen molar-refractivity contribution in [2.75, 3.05) is 14.1 Å². The van der Waals surface area contributed by atoms with Crippen molar-refractivity contribution < 1.29 is 27.5 Å². The van der Waals surface area contributed by atoms with E-state index in [0.29, 0.717) is 11.1 Å². The van der Waals surface area contributed by atoms with Gasteiger partial charge in [-0.05, 0) is 41.5 Å². The molecule has 0 aromatic heterocycles. The zero-order valence-corrected chi connectivity index (χ0v) is 15.3. The predicted octanol–water partition coefficient (Wildman–Crippen LogP) is 3.62. The molecule has 0 bridgehead atoms. The van der Waals surface area contributed by atoms with Crippen LogP contribution in [0.25, 0.3) is 6.08 Å². The first-order valence-corrected chi connectivity index (χ1v) is 8.28. The average Bonchev–Trinajstić information content (AvgIpc) is 2.66. The summed E-state index contributed by atoms with van der Waals surface area (Å²) < 4.78 is 40.3. The third-order valence-electron chi connectivity index (χ3n) is 3.77. The van der Waals surface area contributed by atoms with Gasteiger partial charge in [0.05, 0.1) is 0 Å². The number of rotatable bonds is 6. The Labute approximate surface area is 160 Å². The van der Waals surface area contributed by atoms with Crippen molar-refractivity contribution in [3.8, 4) is 5.75 Å². The van der Waals surface area contributed by atoms with E-state index >= 15 is 0 Å². The second-order valence-corrected chi connectivity index (χ2v) is 5.92. The highest BCUT2D eigenvalue weighted by Crippen LogP contribution is 2.23. The third kappa shape index (κ3) is 6.46. The van der Waals surface area contributed by atoms with Crippen LogP contribution in [-0.2, 0) is 11.3 Å². The molecule has 0 fully saturated rings. The first-order valence-electron chi connectivity index (χ1n) is 8.28. The Hall–Kier alpha value is -3.29. The Morgan fingerprint density at radius 3 is 2.21 bits per heavy atom. The number of hydrogen-bond acceptors (Lipinski definition) is 3. The standard InChI is InChI=1S/C20H19F3N2O3/c1-24-19(27)16-8-3-14(4-9-16)7-12-18(26)25(2)13-15-5-10-17(11-6-15)28-20(21,22)23/h3-12H,13H2,1-2H3,(H,24,27)/b12-7+. The highest BCUT2D eigenvalue weighted by Gasteiger charge is 2.30. The minimum absolute atomic E-state index is 0.196. The van der Waals surface area contributed by atoms with Gasteiger partial charge in [0.1, 0.15) is 5.75 Å². The average molecular weight is 392 g/mol. The van der Waals surface area contributed by atoms with Crippen LogP contribution in [0.3, 0.4) is 0 Å². The second-order valence-electron chi connectivity index (χ2n) is 5.92. The molecule has 2 rings (SSSR count). The van der Waals surface area contributed by atoms with E-state index in [2.05, 4.69) is 10.1 Å². The van der Waals surface area contributed by atoms with Crippen molar-refractivity contribution in [3.05, 3.63) is 71.3 Å². The van der Waals surface area contributed by atoms with Crippen LogP contribution >= 0.6 is 0 Å². The molecule has 28 heavy (non-hydrogen) atoms. The number of carbonyl (C=O) groups is 2. The SMILES string of the molecule is CNC(=O)c1ccc(/C=C/C(=O)N(C)Cc2ccc(OC(F)(F)F)cc2)cc1. The molecule has 0 aliphatic carbocycles. The molecule has 0 aliphatic heterocycles. The number of nitrogens with one attached hydrogen (secondary N) is 1. The van der Waals surface area contributed by atoms with Crippen molar-refractivity contribution in [1.82, 2.24) is 10.2 Å². The Morgan fingerprint density at radius 1 is 1.07 bits per heavy atom. The zero-order chi connectivity index (χ0) is 20.7. The summed E-state index contributed by atoms with van der Waals surface area (Å²) in [6.45, 7) is 0.227. The van der Waals surface area contributed by atoms with Crippen molar-refractivity contribution in [2.24, 2.45) is 0 Å². The van der Waals surface area contributed by atoms with Crippen LogP contribution in [0.2, 0.25) is 0 Å². The molecular weight excluding hydrogens is 373 g/mol. The van der Waals surface area contributed by atoms with E-state index in [9.17, 15) is 22.8 Å². The number of benzene rings is 2. The van der Waals surface area contributed by atoms with Gasteiger partial charge < -0.3 is 15.0 Å². The number of hydrogen-bond donors (Lipinski definition) is 1. The van der Waals surface area contributed by atoms with E-state index in [1.165, 1.54) is 35.2 Å². The van der Waals surface area contributed by atoms with Crippen LogP contribution in [0.1, 0.15) is 21.5 Å². The molecule has 0 heterocycles. The van der Waals surface area contributed by atoms with Gasteiger partial charge in [0.25, 0.3) is 5.91 Å².